The quantitative estimate of drug-likeness (QED) is 0.599. The zero-order valence-corrected chi connectivity index (χ0v) is 8.15. The number of hydrogen-bond acceptors (Lipinski definition) is 3. The first-order chi connectivity index (χ1) is 5.91. The van der Waals surface area contributed by atoms with Crippen molar-refractivity contribution in [3.05, 3.63) is 23.9 Å². The molecule has 3 nitrogen and oxygen atoms in total. The van der Waals surface area contributed by atoms with Gasteiger partial charge in [-0.2, -0.15) is 0 Å². The first-order valence-corrected chi connectivity index (χ1v) is 4.24. The van der Waals surface area contributed by atoms with Crippen molar-refractivity contribution in [2.24, 2.45) is 0 Å². The number of nitrogens with zero attached hydrogens (tertiary/aromatic N) is 1. The molecule has 1 rings (SSSR count). The van der Waals surface area contributed by atoms with Crippen LogP contribution in [0.4, 0.5) is 0 Å². The Labute approximate surface area is 78.6 Å². The molecule has 0 fully saturated rings. The lowest BCUT2D eigenvalue weighted by Gasteiger charge is -2.19. The fourth-order valence-electron chi connectivity index (χ4n) is 1.06. The molecule has 0 saturated heterocycles. The second-order valence-corrected chi connectivity index (χ2v) is 4.09. The van der Waals surface area contributed by atoms with E-state index >= 15 is 0 Å². The van der Waals surface area contributed by atoms with Gasteiger partial charge in [0.15, 0.2) is 0 Å². The van der Waals surface area contributed by atoms with E-state index in [4.69, 9.17) is 10.0 Å². The average molecular weight is 179 g/mol. The molecule has 0 spiro atoms. The molecule has 0 amide bonds. The van der Waals surface area contributed by atoms with Crippen LogP contribution in [0.1, 0.15) is 26.3 Å². The molecule has 0 radical (unpaired) electrons. The Morgan fingerprint density at radius 3 is 2.38 bits per heavy atom. The highest BCUT2D eigenvalue weighted by atomic mass is 16.4. The van der Waals surface area contributed by atoms with Gasteiger partial charge in [-0.15, -0.1) is 0 Å². The smallest absolute Gasteiger partial charge is 0.422 e. The van der Waals surface area contributed by atoms with Crippen molar-refractivity contribution < 1.29 is 10.0 Å². The van der Waals surface area contributed by atoms with Crippen LogP contribution in [-0.4, -0.2) is 22.2 Å². The second-order valence-electron chi connectivity index (χ2n) is 4.09. The van der Waals surface area contributed by atoms with Crippen LogP contribution in [0.5, 0.6) is 0 Å². The highest BCUT2D eigenvalue weighted by Crippen LogP contribution is 2.19. The van der Waals surface area contributed by atoms with Crippen LogP contribution in [0.15, 0.2) is 18.3 Å². The Morgan fingerprint density at radius 1 is 1.31 bits per heavy atom. The maximum atomic E-state index is 8.91. The standard InChI is InChI=1S/C9H14BNO2/c1-9(2,3)7-4-5-11-8(6-7)10(12)13/h4-6,12-13H,1-3H3. The summed E-state index contributed by atoms with van der Waals surface area (Å²) in [4.78, 5) is 3.85. The maximum Gasteiger partial charge on any atom is 0.508 e. The summed E-state index contributed by atoms with van der Waals surface area (Å²) in [7, 11) is -1.48. The Hall–Kier alpha value is -0.865. The third-order valence-corrected chi connectivity index (χ3v) is 1.91. The van der Waals surface area contributed by atoms with E-state index in [9.17, 15) is 0 Å². The number of pyridine rings is 1. The maximum absolute atomic E-state index is 8.91. The summed E-state index contributed by atoms with van der Waals surface area (Å²) in [5.74, 6) is 0. The Balaban J connectivity index is 3.06. The van der Waals surface area contributed by atoms with Gasteiger partial charge in [-0.25, -0.2) is 0 Å². The van der Waals surface area contributed by atoms with E-state index in [0.717, 1.165) is 5.56 Å². The highest BCUT2D eigenvalue weighted by molar-refractivity contribution is 6.57. The van der Waals surface area contributed by atoms with Gasteiger partial charge in [0.2, 0.25) is 0 Å². The van der Waals surface area contributed by atoms with Crippen molar-refractivity contribution in [3.8, 4) is 0 Å². The number of aromatic nitrogens is 1. The molecule has 0 aliphatic carbocycles. The van der Waals surface area contributed by atoms with Crippen LogP contribution >= 0.6 is 0 Å². The molecule has 1 aromatic heterocycles. The molecular formula is C9H14BNO2. The SMILES string of the molecule is CC(C)(C)c1ccnc(B(O)O)c1. The molecule has 1 heterocycles. The van der Waals surface area contributed by atoms with Crippen LogP contribution in [0.3, 0.4) is 0 Å². The second kappa shape index (κ2) is 3.48. The zero-order chi connectivity index (χ0) is 10.1. The lowest BCUT2D eigenvalue weighted by molar-refractivity contribution is 0.424. The average Bonchev–Trinajstić information content (AvgIpc) is 2.03. The van der Waals surface area contributed by atoms with E-state index in [2.05, 4.69) is 25.8 Å². The molecule has 0 aliphatic heterocycles. The summed E-state index contributed by atoms with van der Waals surface area (Å²) in [5.41, 5.74) is 1.35. The van der Waals surface area contributed by atoms with Gasteiger partial charge in [-0.05, 0) is 23.1 Å². The van der Waals surface area contributed by atoms with Crippen molar-refractivity contribution >= 4 is 12.7 Å². The molecule has 0 saturated carbocycles. The van der Waals surface area contributed by atoms with E-state index in [-0.39, 0.29) is 5.41 Å². The summed E-state index contributed by atoms with van der Waals surface area (Å²) in [6, 6.07) is 3.59. The van der Waals surface area contributed by atoms with Gasteiger partial charge in [0.25, 0.3) is 0 Å². The number of hydrogen-bond donors (Lipinski definition) is 2. The van der Waals surface area contributed by atoms with Crippen molar-refractivity contribution in [1.82, 2.24) is 4.98 Å². The minimum atomic E-state index is -1.48. The van der Waals surface area contributed by atoms with Gasteiger partial charge in [-0.1, -0.05) is 20.8 Å². The molecule has 1 aromatic rings. The minimum absolute atomic E-state index is 0.00653. The van der Waals surface area contributed by atoms with E-state index in [1.165, 1.54) is 0 Å². The Morgan fingerprint density at radius 2 is 1.92 bits per heavy atom. The third-order valence-electron chi connectivity index (χ3n) is 1.91. The summed E-state index contributed by atoms with van der Waals surface area (Å²) in [6.45, 7) is 6.20. The first kappa shape index (κ1) is 10.2. The summed E-state index contributed by atoms with van der Waals surface area (Å²) in [5, 5.41) is 17.8. The highest BCUT2D eigenvalue weighted by Gasteiger charge is 2.18. The normalized spacial score (nSPS) is 11.5. The van der Waals surface area contributed by atoms with Gasteiger partial charge >= 0.3 is 7.12 Å². The molecule has 0 unspecified atom stereocenters. The molecule has 4 heteroatoms. The topological polar surface area (TPSA) is 53.4 Å². The van der Waals surface area contributed by atoms with Gasteiger partial charge in [0.1, 0.15) is 0 Å². The van der Waals surface area contributed by atoms with Crippen LogP contribution in [0.2, 0.25) is 0 Å². The van der Waals surface area contributed by atoms with Crippen molar-refractivity contribution in [1.29, 1.82) is 0 Å². The van der Waals surface area contributed by atoms with Crippen molar-refractivity contribution in [2.75, 3.05) is 0 Å². The van der Waals surface area contributed by atoms with E-state index < -0.39 is 7.12 Å². The predicted octanol–water partition coefficient (Wildman–Crippen LogP) is 0.0589. The molecule has 0 atom stereocenters. The molecular weight excluding hydrogens is 165 g/mol. The van der Waals surface area contributed by atoms with Gasteiger partial charge < -0.3 is 10.0 Å². The molecule has 70 valence electrons. The monoisotopic (exact) mass is 179 g/mol. The summed E-state index contributed by atoms with van der Waals surface area (Å²) < 4.78 is 0. The molecule has 13 heavy (non-hydrogen) atoms. The Kier molecular flexibility index (Phi) is 2.73. The van der Waals surface area contributed by atoms with Crippen LogP contribution < -0.4 is 5.59 Å². The number of rotatable bonds is 1. The molecule has 0 bridgehead atoms. The molecule has 0 aromatic carbocycles. The van der Waals surface area contributed by atoms with E-state index in [1.807, 2.05) is 6.07 Å². The lowest BCUT2D eigenvalue weighted by Crippen LogP contribution is -2.33. The van der Waals surface area contributed by atoms with E-state index in [1.54, 1.807) is 12.3 Å². The van der Waals surface area contributed by atoms with Gasteiger partial charge in [-0.3, -0.25) is 4.98 Å². The lowest BCUT2D eigenvalue weighted by atomic mass is 9.80. The molecule has 0 aliphatic rings. The largest absolute Gasteiger partial charge is 0.508 e. The van der Waals surface area contributed by atoms with E-state index in [0.29, 0.717) is 5.59 Å². The van der Waals surface area contributed by atoms with Gasteiger partial charge in [0.05, 0.1) is 5.59 Å². The van der Waals surface area contributed by atoms with Crippen molar-refractivity contribution in [3.63, 3.8) is 0 Å². The van der Waals surface area contributed by atoms with Gasteiger partial charge in [0, 0.05) is 6.20 Å². The summed E-state index contributed by atoms with van der Waals surface area (Å²) in [6.07, 6.45) is 1.59. The van der Waals surface area contributed by atoms with Crippen LogP contribution in [0.25, 0.3) is 0 Å². The Bertz CT molecular complexity index is 294. The van der Waals surface area contributed by atoms with Crippen molar-refractivity contribution in [2.45, 2.75) is 26.2 Å². The van der Waals surface area contributed by atoms with Crippen LogP contribution in [-0.2, 0) is 5.41 Å². The third kappa shape index (κ3) is 2.54. The van der Waals surface area contributed by atoms with Crippen LogP contribution in [0, 0.1) is 0 Å². The fraction of sp³-hybridized carbons (Fsp3) is 0.444. The predicted molar refractivity (Wildman–Crippen MR) is 52.8 cm³/mol. The summed E-state index contributed by atoms with van der Waals surface area (Å²) >= 11 is 0. The molecule has 2 N–H and O–H groups in total. The minimum Gasteiger partial charge on any atom is -0.422 e. The fourth-order valence-corrected chi connectivity index (χ4v) is 1.06. The first-order valence-electron chi connectivity index (χ1n) is 4.24. The zero-order valence-electron chi connectivity index (χ0n) is 8.15.